The molecule has 1 saturated heterocycles. The summed E-state index contributed by atoms with van der Waals surface area (Å²) in [7, 11) is 0. The van der Waals surface area contributed by atoms with Crippen LogP contribution in [-0.2, 0) is 0 Å². The molecule has 1 N–H and O–H groups in total. The number of aromatic nitrogens is 1. The van der Waals surface area contributed by atoms with Gasteiger partial charge in [0.2, 0.25) is 0 Å². The lowest BCUT2D eigenvalue weighted by Crippen LogP contribution is -2.50. The first-order valence-corrected chi connectivity index (χ1v) is 7.51. The molecule has 0 spiro atoms. The van der Waals surface area contributed by atoms with Crippen LogP contribution in [-0.4, -0.2) is 41.9 Å². The molecule has 0 radical (unpaired) electrons. The highest BCUT2D eigenvalue weighted by atomic mass is 19.1. The number of nitrogens with zero attached hydrogens (tertiary/aromatic N) is 3. The van der Waals surface area contributed by atoms with E-state index in [0.717, 1.165) is 5.82 Å². The first-order valence-electron chi connectivity index (χ1n) is 7.51. The van der Waals surface area contributed by atoms with Crippen molar-refractivity contribution in [1.29, 1.82) is 0 Å². The van der Waals surface area contributed by atoms with Crippen LogP contribution < -0.4 is 9.88 Å². The van der Waals surface area contributed by atoms with Gasteiger partial charge in [-0.1, -0.05) is 12.1 Å². The maximum absolute atomic E-state index is 13.7. The van der Waals surface area contributed by atoms with Gasteiger partial charge in [-0.15, -0.1) is 0 Å². The number of hydrogen-bond acceptors (Lipinski definition) is 4. The van der Waals surface area contributed by atoms with Crippen molar-refractivity contribution in [2.45, 2.75) is 0 Å². The predicted octanol–water partition coefficient (Wildman–Crippen LogP) is 1.51. The molecule has 24 heavy (non-hydrogen) atoms. The second-order valence-electron chi connectivity index (χ2n) is 5.45. The highest BCUT2D eigenvalue weighted by Gasteiger charge is 2.28. The zero-order chi connectivity index (χ0) is 17.1. The Bertz CT molecular complexity index is 758. The summed E-state index contributed by atoms with van der Waals surface area (Å²) in [6.45, 7) is 2.04. The van der Waals surface area contributed by atoms with Crippen molar-refractivity contribution in [3.8, 4) is 0 Å². The van der Waals surface area contributed by atoms with Gasteiger partial charge in [-0.25, -0.2) is 9.37 Å². The minimum absolute atomic E-state index is 0.00730. The summed E-state index contributed by atoms with van der Waals surface area (Å²) >= 11 is 0. The smallest absolute Gasteiger partial charge is 0.308 e. The lowest BCUT2D eigenvalue weighted by molar-refractivity contribution is -0.414. The third kappa shape index (κ3) is 3.17. The highest BCUT2D eigenvalue weighted by Crippen LogP contribution is 2.16. The molecular weight excluding hydrogens is 315 g/mol. The number of nitro groups is 1. The summed E-state index contributed by atoms with van der Waals surface area (Å²) in [5.74, 6) is -0.0901. The quantitative estimate of drug-likeness (QED) is 0.631. The van der Waals surface area contributed by atoms with Gasteiger partial charge in [0, 0.05) is 12.1 Å². The van der Waals surface area contributed by atoms with Crippen LogP contribution in [0.2, 0.25) is 0 Å². The normalized spacial score (nSPS) is 14.5. The summed E-state index contributed by atoms with van der Waals surface area (Å²) < 4.78 is 13.7. The van der Waals surface area contributed by atoms with E-state index in [-0.39, 0.29) is 17.2 Å². The Balaban J connectivity index is 1.64. The van der Waals surface area contributed by atoms with E-state index in [0.29, 0.717) is 26.2 Å². The van der Waals surface area contributed by atoms with Crippen molar-refractivity contribution in [2.75, 3.05) is 31.1 Å². The minimum atomic E-state index is -0.520. The fourth-order valence-electron chi connectivity index (χ4n) is 2.67. The molecule has 0 bridgehead atoms. The molecule has 1 fully saturated rings. The Morgan fingerprint density at radius 3 is 2.42 bits per heavy atom. The Morgan fingerprint density at radius 1 is 1.12 bits per heavy atom. The molecule has 0 atom stereocenters. The van der Waals surface area contributed by atoms with Crippen molar-refractivity contribution in [1.82, 2.24) is 4.90 Å². The van der Waals surface area contributed by atoms with Crippen molar-refractivity contribution >= 4 is 17.4 Å². The lowest BCUT2D eigenvalue weighted by atomic mass is 10.1. The van der Waals surface area contributed by atoms with E-state index in [4.69, 9.17) is 0 Å². The summed E-state index contributed by atoms with van der Waals surface area (Å²) in [6, 6.07) is 9.02. The third-order valence-electron chi connectivity index (χ3n) is 4.00. The van der Waals surface area contributed by atoms with Gasteiger partial charge in [0.25, 0.3) is 11.7 Å². The van der Waals surface area contributed by atoms with Crippen LogP contribution in [0, 0.1) is 15.9 Å². The van der Waals surface area contributed by atoms with Gasteiger partial charge in [0.05, 0.1) is 23.6 Å². The number of H-pyrrole nitrogens is 1. The minimum Gasteiger partial charge on any atom is -0.331 e. The van der Waals surface area contributed by atoms with E-state index in [1.807, 2.05) is 4.90 Å². The average molecular weight is 331 g/mol. The average Bonchev–Trinajstić information content (AvgIpc) is 2.62. The van der Waals surface area contributed by atoms with Crippen molar-refractivity contribution in [2.24, 2.45) is 0 Å². The van der Waals surface area contributed by atoms with Gasteiger partial charge >= 0.3 is 5.69 Å². The van der Waals surface area contributed by atoms with Gasteiger partial charge in [-0.3, -0.25) is 19.8 Å². The Morgan fingerprint density at radius 2 is 1.83 bits per heavy atom. The summed E-state index contributed by atoms with van der Waals surface area (Å²) in [6.07, 6.45) is 1.34. The van der Waals surface area contributed by atoms with E-state index in [9.17, 15) is 19.3 Å². The zero-order valence-corrected chi connectivity index (χ0v) is 12.8. The largest absolute Gasteiger partial charge is 0.331 e. The Labute approximate surface area is 137 Å². The number of anilines is 1. The number of hydrogen-bond donors (Lipinski definition) is 0. The van der Waals surface area contributed by atoms with Crippen molar-refractivity contribution in [3.63, 3.8) is 0 Å². The lowest BCUT2D eigenvalue weighted by Gasteiger charge is -2.31. The number of benzene rings is 1. The maximum Gasteiger partial charge on any atom is 0.308 e. The molecule has 1 aliphatic heterocycles. The Kier molecular flexibility index (Phi) is 4.37. The molecule has 0 aliphatic carbocycles. The summed E-state index contributed by atoms with van der Waals surface area (Å²) in [5, 5.41) is 10.7. The zero-order valence-electron chi connectivity index (χ0n) is 12.8. The van der Waals surface area contributed by atoms with Crippen molar-refractivity contribution < 1.29 is 19.1 Å². The standard InChI is InChI=1S/C16H15FN4O3/c17-14-4-2-1-3-13(14)16(22)20-9-7-19(8-10-20)15-6-5-12(11-18-15)21(23)24/h1-6,11H,7-10H2/p+1. The number of pyridine rings is 1. The summed E-state index contributed by atoms with van der Waals surface area (Å²) in [4.78, 5) is 29.1. The van der Waals surface area contributed by atoms with Crippen molar-refractivity contribution in [3.05, 3.63) is 64.1 Å². The van der Waals surface area contributed by atoms with Gasteiger partial charge in [0.15, 0.2) is 6.20 Å². The van der Waals surface area contributed by atoms with E-state index >= 15 is 0 Å². The number of piperazine rings is 1. The van der Waals surface area contributed by atoms with Crippen LogP contribution in [0.4, 0.5) is 15.9 Å². The number of carbonyl (C=O) groups excluding carboxylic acids is 1. The topological polar surface area (TPSA) is 80.8 Å². The van der Waals surface area contributed by atoms with Gasteiger partial charge in [-0.2, -0.15) is 0 Å². The predicted molar refractivity (Wildman–Crippen MR) is 84.2 cm³/mol. The molecule has 0 saturated carbocycles. The molecule has 8 heteroatoms. The highest BCUT2D eigenvalue weighted by molar-refractivity contribution is 5.94. The van der Waals surface area contributed by atoms with Gasteiger partial charge < -0.3 is 4.90 Å². The van der Waals surface area contributed by atoms with Crippen LogP contribution in [0.1, 0.15) is 10.4 Å². The summed E-state index contributed by atoms with van der Waals surface area (Å²) in [5.41, 5.74) is 0.0694. The first-order chi connectivity index (χ1) is 11.6. The molecular formula is C16H16FN4O3+. The van der Waals surface area contributed by atoms with Gasteiger partial charge in [0.1, 0.15) is 18.9 Å². The van der Waals surface area contributed by atoms with Crippen LogP contribution in [0.3, 0.4) is 0 Å². The Hall–Kier alpha value is -3.03. The second-order valence-corrected chi connectivity index (χ2v) is 5.45. The number of aromatic amines is 1. The monoisotopic (exact) mass is 331 g/mol. The number of nitrogens with one attached hydrogen (secondary N) is 1. The van der Waals surface area contributed by atoms with Crippen LogP contribution in [0.15, 0.2) is 42.6 Å². The SMILES string of the molecule is O=C(c1ccccc1F)N1CCN(c2ccc([N+](=O)[O-])c[nH+]2)CC1. The molecule has 1 aromatic heterocycles. The first kappa shape index (κ1) is 15.9. The van der Waals surface area contributed by atoms with E-state index < -0.39 is 10.7 Å². The van der Waals surface area contributed by atoms with Crippen LogP contribution in [0.5, 0.6) is 0 Å². The van der Waals surface area contributed by atoms with E-state index in [1.54, 1.807) is 23.1 Å². The fraction of sp³-hybridized carbons (Fsp3) is 0.250. The number of carbonyl (C=O) groups is 1. The molecule has 7 nitrogen and oxygen atoms in total. The van der Waals surface area contributed by atoms with E-state index in [2.05, 4.69) is 4.98 Å². The molecule has 1 aromatic carbocycles. The fourth-order valence-corrected chi connectivity index (χ4v) is 2.67. The van der Waals surface area contributed by atoms with E-state index in [1.165, 1.54) is 24.4 Å². The molecule has 124 valence electrons. The molecule has 2 aromatic rings. The number of amides is 1. The number of halogens is 1. The maximum atomic E-state index is 13.7. The molecule has 0 unspecified atom stereocenters. The molecule has 2 heterocycles. The molecule has 1 aliphatic rings. The van der Waals surface area contributed by atoms with Crippen LogP contribution in [0.25, 0.3) is 0 Å². The number of rotatable bonds is 3. The molecule has 1 amide bonds. The second kappa shape index (κ2) is 6.61. The third-order valence-corrected chi connectivity index (χ3v) is 4.00. The van der Waals surface area contributed by atoms with Gasteiger partial charge in [-0.05, 0) is 12.1 Å². The van der Waals surface area contributed by atoms with Crippen LogP contribution >= 0.6 is 0 Å². The molecule has 3 rings (SSSR count).